The Morgan fingerprint density at radius 3 is 2.34 bits per heavy atom. The summed E-state index contributed by atoms with van der Waals surface area (Å²) in [4.78, 5) is 29.5. The van der Waals surface area contributed by atoms with Gasteiger partial charge in [-0.2, -0.15) is 0 Å². The molecule has 1 saturated heterocycles. The van der Waals surface area contributed by atoms with E-state index in [0.29, 0.717) is 28.1 Å². The van der Waals surface area contributed by atoms with Crippen LogP contribution in [0.15, 0.2) is 78.9 Å². The molecule has 1 fully saturated rings. The smallest absolute Gasteiger partial charge is 0.256 e. The fraction of sp³-hybridized carbons (Fsp3) is 0.125. The molecule has 162 valence electrons. The van der Waals surface area contributed by atoms with Crippen LogP contribution in [0.5, 0.6) is 0 Å². The second-order valence-corrected chi connectivity index (χ2v) is 9.30. The molecule has 8 heteroatoms. The molecule has 1 N–H and O–H groups in total. The number of carbonyl (C=O) groups excluding carboxylic acids is 2. The molecule has 0 bridgehead atoms. The van der Waals surface area contributed by atoms with Gasteiger partial charge < -0.3 is 10.2 Å². The maximum absolute atomic E-state index is 13.4. The number of hydrogen-bond acceptors (Lipinski definition) is 3. The van der Waals surface area contributed by atoms with Crippen LogP contribution in [0, 0.1) is 3.57 Å². The van der Waals surface area contributed by atoms with E-state index in [9.17, 15) is 9.59 Å². The van der Waals surface area contributed by atoms with Gasteiger partial charge in [0, 0.05) is 20.8 Å². The third-order valence-corrected chi connectivity index (χ3v) is 6.64. The summed E-state index contributed by atoms with van der Waals surface area (Å²) in [5.74, 6) is -0.488. The highest BCUT2D eigenvalue weighted by Gasteiger charge is 2.44. The zero-order valence-electron chi connectivity index (χ0n) is 16.9. The summed E-state index contributed by atoms with van der Waals surface area (Å²) in [6.45, 7) is 0.328. The largest absolute Gasteiger partial charge is 0.332 e. The maximum atomic E-state index is 13.4. The van der Waals surface area contributed by atoms with E-state index >= 15 is 0 Å². The quantitative estimate of drug-likeness (QED) is 0.313. The highest BCUT2D eigenvalue weighted by Crippen LogP contribution is 2.30. The summed E-state index contributed by atoms with van der Waals surface area (Å²) in [6, 6.07) is 23.4. The minimum Gasteiger partial charge on any atom is -0.332 e. The molecule has 0 saturated carbocycles. The number of amides is 2. The predicted molar refractivity (Wildman–Crippen MR) is 140 cm³/mol. The molecule has 0 aromatic heterocycles. The molecule has 0 radical (unpaired) electrons. The van der Waals surface area contributed by atoms with Crippen molar-refractivity contribution in [1.82, 2.24) is 4.90 Å². The minimum atomic E-state index is -0.733. The van der Waals surface area contributed by atoms with Crippen molar-refractivity contribution in [3.63, 3.8) is 0 Å². The second kappa shape index (κ2) is 9.97. The molecule has 0 spiro atoms. The Hall–Kier alpha value is -2.49. The number of nitrogens with one attached hydrogen (secondary N) is 1. The number of benzene rings is 3. The summed E-state index contributed by atoms with van der Waals surface area (Å²) in [5.41, 5.74) is 2.19. The lowest BCUT2D eigenvalue weighted by Gasteiger charge is -2.24. The molecule has 1 heterocycles. The number of carbonyl (C=O) groups is 2. The first-order valence-corrected chi connectivity index (χ1v) is 11.8. The molecule has 1 atom stereocenters. The summed E-state index contributed by atoms with van der Waals surface area (Å²) >= 11 is 14.3. The van der Waals surface area contributed by atoms with Gasteiger partial charge in [-0.25, -0.2) is 0 Å². The number of anilines is 2. The number of thiocarbonyl (C=S) groups is 1. The number of para-hydroxylation sites is 1. The molecule has 0 unspecified atom stereocenters. The Kier molecular flexibility index (Phi) is 7.07. The number of halogens is 2. The van der Waals surface area contributed by atoms with Gasteiger partial charge in [0.25, 0.3) is 5.91 Å². The van der Waals surface area contributed by atoms with E-state index in [1.807, 2.05) is 72.8 Å². The first-order valence-electron chi connectivity index (χ1n) is 9.92. The van der Waals surface area contributed by atoms with Gasteiger partial charge >= 0.3 is 0 Å². The highest BCUT2D eigenvalue weighted by molar-refractivity contribution is 14.1. The van der Waals surface area contributed by atoms with E-state index in [1.165, 1.54) is 4.90 Å². The van der Waals surface area contributed by atoms with Crippen molar-refractivity contribution in [3.05, 3.63) is 93.0 Å². The molecule has 3 aromatic rings. The number of nitrogens with zero attached hydrogens (tertiary/aromatic N) is 2. The average Bonchev–Trinajstić information content (AvgIpc) is 3.01. The topological polar surface area (TPSA) is 52.7 Å². The summed E-state index contributed by atoms with van der Waals surface area (Å²) in [6.07, 6.45) is -0.0290. The average molecular weight is 576 g/mol. The molecule has 1 aliphatic rings. The first kappa shape index (κ1) is 22.7. The van der Waals surface area contributed by atoms with Crippen molar-refractivity contribution in [2.75, 3.05) is 10.2 Å². The number of rotatable bonds is 6. The van der Waals surface area contributed by atoms with Crippen molar-refractivity contribution in [1.29, 1.82) is 0 Å². The molecule has 32 heavy (non-hydrogen) atoms. The molecular formula is C24H19ClIN3O2S. The van der Waals surface area contributed by atoms with Crippen LogP contribution in [-0.4, -0.2) is 27.9 Å². The Morgan fingerprint density at radius 1 is 1.00 bits per heavy atom. The van der Waals surface area contributed by atoms with Gasteiger partial charge in [-0.3, -0.25) is 14.5 Å². The van der Waals surface area contributed by atoms with E-state index in [1.54, 1.807) is 11.0 Å². The standard InChI is InChI=1S/C24H19ClIN3O2S/c25-20-9-5-4-6-16(20)15-28-21(14-22(30)27-18-12-10-17(26)11-13-18)23(31)29(24(28)32)19-7-2-1-3-8-19/h1-13,21H,14-15H2,(H,27,30)/t21-/m1/s1. The summed E-state index contributed by atoms with van der Waals surface area (Å²) < 4.78 is 1.07. The van der Waals surface area contributed by atoms with Crippen LogP contribution in [-0.2, 0) is 16.1 Å². The Morgan fingerprint density at radius 2 is 1.66 bits per heavy atom. The molecule has 1 aliphatic heterocycles. The lowest BCUT2D eigenvalue weighted by atomic mass is 10.1. The van der Waals surface area contributed by atoms with Gasteiger partial charge in [-0.05, 0) is 82.8 Å². The molecule has 3 aromatic carbocycles. The SMILES string of the molecule is O=C(C[C@@H]1C(=O)N(c2ccccc2)C(=S)N1Cc1ccccc1Cl)Nc1ccc(I)cc1. The van der Waals surface area contributed by atoms with Crippen LogP contribution in [0.4, 0.5) is 11.4 Å². The van der Waals surface area contributed by atoms with Crippen molar-refractivity contribution in [2.45, 2.75) is 19.0 Å². The van der Waals surface area contributed by atoms with Crippen LogP contribution in [0.3, 0.4) is 0 Å². The van der Waals surface area contributed by atoms with Gasteiger partial charge in [-0.1, -0.05) is 48.0 Å². The summed E-state index contributed by atoms with van der Waals surface area (Å²) in [7, 11) is 0. The molecule has 4 rings (SSSR count). The second-order valence-electron chi connectivity index (χ2n) is 7.29. The van der Waals surface area contributed by atoms with E-state index < -0.39 is 6.04 Å². The van der Waals surface area contributed by atoms with Crippen LogP contribution in [0.1, 0.15) is 12.0 Å². The Labute approximate surface area is 210 Å². The molecule has 5 nitrogen and oxygen atoms in total. The number of hydrogen-bond donors (Lipinski definition) is 1. The predicted octanol–water partition coefficient (Wildman–Crippen LogP) is 5.48. The zero-order valence-corrected chi connectivity index (χ0v) is 20.6. The Balaban J connectivity index is 1.60. The van der Waals surface area contributed by atoms with E-state index in [-0.39, 0.29) is 18.2 Å². The fourth-order valence-electron chi connectivity index (χ4n) is 3.56. The molecule has 0 aliphatic carbocycles. The van der Waals surface area contributed by atoms with E-state index in [4.69, 9.17) is 23.8 Å². The lowest BCUT2D eigenvalue weighted by Crippen LogP contribution is -2.37. The normalized spacial score (nSPS) is 15.9. The van der Waals surface area contributed by atoms with Gasteiger partial charge in [0.15, 0.2) is 5.11 Å². The van der Waals surface area contributed by atoms with Gasteiger partial charge in [0.1, 0.15) is 6.04 Å². The third kappa shape index (κ3) is 4.95. The van der Waals surface area contributed by atoms with Gasteiger partial charge in [0.2, 0.25) is 5.91 Å². The minimum absolute atomic E-state index is 0.0290. The third-order valence-electron chi connectivity index (χ3n) is 5.14. The van der Waals surface area contributed by atoms with Crippen molar-refractivity contribution in [3.8, 4) is 0 Å². The first-order chi connectivity index (χ1) is 15.4. The Bertz CT molecular complexity index is 1160. The van der Waals surface area contributed by atoms with Gasteiger partial charge in [-0.15, -0.1) is 0 Å². The van der Waals surface area contributed by atoms with Crippen LogP contribution in [0.2, 0.25) is 5.02 Å². The molecule has 2 amide bonds. The van der Waals surface area contributed by atoms with E-state index in [0.717, 1.165) is 9.13 Å². The highest BCUT2D eigenvalue weighted by atomic mass is 127. The molecular weight excluding hydrogens is 557 g/mol. The lowest BCUT2D eigenvalue weighted by molar-refractivity contribution is -0.124. The van der Waals surface area contributed by atoms with Crippen LogP contribution in [0.25, 0.3) is 0 Å². The maximum Gasteiger partial charge on any atom is 0.256 e. The fourth-order valence-corrected chi connectivity index (χ4v) is 4.50. The van der Waals surface area contributed by atoms with Crippen molar-refractivity contribution < 1.29 is 9.59 Å². The zero-order chi connectivity index (χ0) is 22.7. The van der Waals surface area contributed by atoms with Crippen molar-refractivity contribution >= 4 is 74.7 Å². The van der Waals surface area contributed by atoms with Gasteiger partial charge in [0.05, 0.1) is 12.1 Å². The summed E-state index contributed by atoms with van der Waals surface area (Å²) in [5, 5.41) is 3.81. The van der Waals surface area contributed by atoms with Crippen molar-refractivity contribution in [2.24, 2.45) is 0 Å². The van der Waals surface area contributed by atoms with E-state index in [2.05, 4.69) is 27.9 Å². The van der Waals surface area contributed by atoms with Crippen LogP contribution < -0.4 is 10.2 Å². The van der Waals surface area contributed by atoms with Crippen LogP contribution >= 0.6 is 46.4 Å². The monoisotopic (exact) mass is 575 g/mol.